The van der Waals surface area contributed by atoms with Gasteiger partial charge >= 0.3 is 6.18 Å². The lowest BCUT2D eigenvalue weighted by Gasteiger charge is -2.36. The van der Waals surface area contributed by atoms with Gasteiger partial charge in [-0.05, 0) is 88.6 Å². The summed E-state index contributed by atoms with van der Waals surface area (Å²) >= 11 is 0. The van der Waals surface area contributed by atoms with Gasteiger partial charge in [-0.25, -0.2) is 4.98 Å². The van der Waals surface area contributed by atoms with Gasteiger partial charge in [-0.15, -0.1) is 0 Å². The van der Waals surface area contributed by atoms with Crippen molar-refractivity contribution in [3.05, 3.63) is 41.6 Å². The van der Waals surface area contributed by atoms with Crippen LogP contribution in [0.2, 0.25) is 0 Å². The fraction of sp³-hybridized carbons (Fsp3) is 0.630. The predicted molar refractivity (Wildman–Crippen MR) is 134 cm³/mol. The van der Waals surface area contributed by atoms with Crippen LogP contribution in [0.5, 0.6) is 0 Å². The van der Waals surface area contributed by atoms with Crippen molar-refractivity contribution in [1.82, 2.24) is 14.9 Å². The van der Waals surface area contributed by atoms with Gasteiger partial charge in [0.1, 0.15) is 5.82 Å². The second-order valence-electron chi connectivity index (χ2n) is 10.6. The SMILES string of the molecule is O[C@H]1CC[C@H](Nc2nc(Nc3cccc(C(F)(F)F)c3)ncc2C2CCN(C3CCCC3)CC2)CC1. The van der Waals surface area contributed by atoms with Crippen LogP contribution in [0.1, 0.15) is 81.3 Å². The fourth-order valence-electron chi connectivity index (χ4n) is 6.03. The maximum absolute atomic E-state index is 13.2. The van der Waals surface area contributed by atoms with Crippen molar-refractivity contribution in [2.45, 2.75) is 94.5 Å². The summed E-state index contributed by atoms with van der Waals surface area (Å²) in [4.78, 5) is 11.9. The van der Waals surface area contributed by atoms with E-state index in [2.05, 4.69) is 20.5 Å². The minimum atomic E-state index is -4.41. The van der Waals surface area contributed by atoms with Crippen LogP contribution in [0.25, 0.3) is 0 Å². The van der Waals surface area contributed by atoms with Crippen LogP contribution in [0, 0.1) is 0 Å². The highest BCUT2D eigenvalue weighted by Gasteiger charge is 2.31. The Morgan fingerprint density at radius 3 is 2.36 bits per heavy atom. The first-order valence-corrected chi connectivity index (χ1v) is 13.3. The maximum atomic E-state index is 13.2. The van der Waals surface area contributed by atoms with Gasteiger partial charge in [0.2, 0.25) is 5.95 Å². The zero-order valence-corrected chi connectivity index (χ0v) is 20.6. The Kier molecular flexibility index (Phi) is 7.67. The molecule has 0 spiro atoms. The monoisotopic (exact) mass is 503 g/mol. The normalized spacial score (nSPS) is 24.7. The fourth-order valence-corrected chi connectivity index (χ4v) is 6.03. The Morgan fingerprint density at radius 1 is 0.944 bits per heavy atom. The zero-order valence-electron chi connectivity index (χ0n) is 20.6. The van der Waals surface area contributed by atoms with E-state index in [0.29, 0.717) is 11.6 Å². The number of nitrogens with one attached hydrogen (secondary N) is 2. The van der Waals surface area contributed by atoms with Crippen LogP contribution in [-0.4, -0.2) is 51.3 Å². The first kappa shape index (κ1) is 25.3. The molecule has 2 aromatic rings. The number of halogens is 3. The molecule has 196 valence electrons. The first-order chi connectivity index (χ1) is 17.3. The molecule has 1 aliphatic heterocycles. The summed E-state index contributed by atoms with van der Waals surface area (Å²) in [5.74, 6) is 1.39. The lowest BCUT2D eigenvalue weighted by Crippen LogP contribution is -2.39. The summed E-state index contributed by atoms with van der Waals surface area (Å²) in [6.45, 7) is 2.16. The number of aliphatic hydroxyl groups is 1. The molecule has 0 bridgehead atoms. The van der Waals surface area contributed by atoms with Gasteiger partial charge in [-0.3, -0.25) is 0 Å². The third-order valence-electron chi connectivity index (χ3n) is 8.11. The summed E-state index contributed by atoms with van der Waals surface area (Å²) in [6, 6.07) is 6.03. The van der Waals surface area contributed by atoms with Crippen LogP contribution in [0.4, 0.5) is 30.6 Å². The number of likely N-dealkylation sites (tertiary alicyclic amines) is 1. The number of hydrogen-bond donors (Lipinski definition) is 3. The number of hydrogen-bond acceptors (Lipinski definition) is 6. The van der Waals surface area contributed by atoms with Crippen LogP contribution in [0.15, 0.2) is 30.5 Å². The minimum absolute atomic E-state index is 0.210. The molecule has 5 rings (SSSR count). The van der Waals surface area contributed by atoms with Crippen molar-refractivity contribution in [3.8, 4) is 0 Å². The van der Waals surface area contributed by atoms with Gasteiger partial charge in [0.05, 0.1) is 11.7 Å². The Hall–Kier alpha value is -2.39. The number of benzene rings is 1. The van der Waals surface area contributed by atoms with Crippen molar-refractivity contribution >= 4 is 17.5 Å². The Balaban J connectivity index is 1.34. The quantitative estimate of drug-likeness (QED) is 0.444. The number of alkyl halides is 3. The van der Waals surface area contributed by atoms with Crippen molar-refractivity contribution in [2.24, 2.45) is 0 Å². The topological polar surface area (TPSA) is 73.3 Å². The molecule has 1 aromatic heterocycles. The van der Waals surface area contributed by atoms with Gasteiger partial charge in [-0.1, -0.05) is 18.9 Å². The van der Waals surface area contributed by atoms with Gasteiger partial charge in [0.25, 0.3) is 0 Å². The van der Waals surface area contributed by atoms with E-state index in [1.807, 2.05) is 6.20 Å². The Morgan fingerprint density at radius 2 is 1.67 bits per heavy atom. The maximum Gasteiger partial charge on any atom is 0.416 e. The van der Waals surface area contributed by atoms with E-state index in [4.69, 9.17) is 4.98 Å². The van der Waals surface area contributed by atoms with E-state index in [1.54, 1.807) is 6.07 Å². The number of anilines is 3. The highest BCUT2D eigenvalue weighted by atomic mass is 19.4. The number of piperidine rings is 1. The molecule has 0 amide bonds. The number of nitrogens with zero attached hydrogens (tertiary/aromatic N) is 3. The predicted octanol–water partition coefficient (Wildman–Crippen LogP) is 6.08. The van der Waals surface area contributed by atoms with Crippen LogP contribution in [0.3, 0.4) is 0 Å². The second-order valence-corrected chi connectivity index (χ2v) is 10.6. The van der Waals surface area contributed by atoms with Gasteiger partial charge in [0, 0.05) is 29.5 Å². The van der Waals surface area contributed by atoms with Crippen molar-refractivity contribution in [3.63, 3.8) is 0 Å². The minimum Gasteiger partial charge on any atom is -0.393 e. The number of aromatic nitrogens is 2. The molecule has 0 unspecified atom stereocenters. The standard InChI is InChI=1S/C27H36F3N5O/c28-27(29,30)19-4-3-5-21(16-19)33-26-31-17-24(25(34-26)32-20-8-10-23(36)11-9-20)18-12-14-35(15-13-18)22-6-1-2-7-22/h3-5,16-18,20,22-23,36H,1-2,6-15H2,(H2,31,32,33,34)/t20-,23-. The van der Waals surface area contributed by atoms with Crippen molar-refractivity contribution in [2.75, 3.05) is 23.7 Å². The van der Waals surface area contributed by atoms with Gasteiger partial charge in [0.15, 0.2) is 0 Å². The van der Waals surface area contributed by atoms with E-state index in [9.17, 15) is 18.3 Å². The highest BCUT2D eigenvalue weighted by molar-refractivity contribution is 5.58. The van der Waals surface area contributed by atoms with E-state index < -0.39 is 11.7 Å². The molecule has 3 N–H and O–H groups in total. The molecule has 1 aromatic carbocycles. The molecule has 9 heteroatoms. The van der Waals surface area contributed by atoms with Crippen molar-refractivity contribution in [1.29, 1.82) is 0 Å². The number of aliphatic hydroxyl groups excluding tert-OH is 1. The van der Waals surface area contributed by atoms with Gasteiger partial charge < -0.3 is 20.6 Å². The molecular weight excluding hydrogens is 467 g/mol. The molecular formula is C27H36F3N5O. The molecule has 36 heavy (non-hydrogen) atoms. The van der Waals surface area contributed by atoms with Gasteiger partial charge in [-0.2, -0.15) is 18.2 Å². The molecule has 1 saturated heterocycles. The summed E-state index contributed by atoms with van der Waals surface area (Å²) < 4.78 is 39.5. The molecule has 3 aliphatic rings. The van der Waals surface area contributed by atoms with E-state index in [0.717, 1.165) is 81.2 Å². The molecule has 0 radical (unpaired) electrons. The zero-order chi connectivity index (χ0) is 25.1. The summed E-state index contributed by atoms with van der Waals surface area (Å²) in [5.41, 5.74) is 0.674. The third-order valence-corrected chi connectivity index (χ3v) is 8.11. The number of rotatable bonds is 6. The smallest absolute Gasteiger partial charge is 0.393 e. The molecule has 2 saturated carbocycles. The van der Waals surface area contributed by atoms with Crippen molar-refractivity contribution < 1.29 is 18.3 Å². The molecule has 2 aliphatic carbocycles. The highest BCUT2D eigenvalue weighted by Crippen LogP contribution is 2.37. The third kappa shape index (κ3) is 6.11. The van der Waals surface area contributed by atoms with E-state index in [1.165, 1.54) is 31.7 Å². The van der Waals surface area contributed by atoms with Crippen LogP contribution in [-0.2, 0) is 6.18 Å². The van der Waals surface area contributed by atoms with E-state index >= 15 is 0 Å². The first-order valence-electron chi connectivity index (χ1n) is 13.3. The van der Waals surface area contributed by atoms with Crippen LogP contribution < -0.4 is 10.6 Å². The van der Waals surface area contributed by atoms with Crippen LogP contribution >= 0.6 is 0 Å². The molecule has 2 heterocycles. The Bertz CT molecular complexity index is 1010. The molecule has 0 atom stereocenters. The average molecular weight is 504 g/mol. The summed E-state index contributed by atoms with van der Waals surface area (Å²) in [6.07, 6.45) is 7.83. The lowest BCUT2D eigenvalue weighted by atomic mass is 9.88. The largest absolute Gasteiger partial charge is 0.416 e. The lowest BCUT2D eigenvalue weighted by molar-refractivity contribution is -0.137. The molecule has 3 fully saturated rings. The summed E-state index contributed by atoms with van der Waals surface area (Å²) in [7, 11) is 0. The summed E-state index contributed by atoms with van der Waals surface area (Å²) in [5, 5.41) is 16.5. The molecule has 6 nitrogen and oxygen atoms in total. The average Bonchev–Trinajstić information content (AvgIpc) is 3.41. The Labute approximate surface area is 210 Å². The second kappa shape index (κ2) is 10.9. The van der Waals surface area contributed by atoms with E-state index in [-0.39, 0.29) is 18.1 Å².